The molecule has 1 fully saturated rings. The van der Waals surface area contributed by atoms with Gasteiger partial charge >= 0.3 is 0 Å². The van der Waals surface area contributed by atoms with E-state index in [9.17, 15) is 0 Å². The van der Waals surface area contributed by atoms with Crippen molar-refractivity contribution < 1.29 is 0 Å². The third kappa shape index (κ3) is 3.24. The highest BCUT2D eigenvalue weighted by atomic mass is 15.4. The van der Waals surface area contributed by atoms with Gasteiger partial charge in [-0.05, 0) is 25.2 Å². The summed E-state index contributed by atoms with van der Waals surface area (Å²) in [6.45, 7) is 4.02. The number of nitrogens with one attached hydrogen (secondary N) is 1. The summed E-state index contributed by atoms with van der Waals surface area (Å²) in [5, 5.41) is 4.05. The molecule has 3 N–H and O–H groups in total. The van der Waals surface area contributed by atoms with Crippen molar-refractivity contribution in [1.29, 1.82) is 0 Å². The van der Waals surface area contributed by atoms with Gasteiger partial charge in [-0.1, -0.05) is 6.92 Å². The Balaban J connectivity index is 1.93. The first kappa shape index (κ1) is 13.7. The zero-order chi connectivity index (χ0) is 14.7. The van der Waals surface area contributed by atoms with Crippen molar-refractivity contribution in [3.8, 4) is 5.95 Å². The van der Waals surface area contributed by atoms with Gasteiger partial charge in [0.05, 0.1) is 0 Å². The lowest BCUT2D eigenvalue weighted by atomic mass is 10.3. The zero-order valence-electron chi connectivity index (χ0n) is 12.0. The number of hydrogen-bond acceptors (Lipinski definition) is 8. The fraction of sp³-hybridized carbons (Fsp3) is 0.583. The molecule has 1 aliphatic carbocycles. The van der Waals surface area contributed by atoms with Gasteiger partial charge in [0.1, 0.15) is 12.7 Å². The van der Waals surface area contributed by atoms with E-state index in [2.05, 4.69) is 42.3 Å². The fourth-order valence-electron chi connectivity index (χ4n) is 2.13. The summed E-state index contributed by atoms with van der Waals surface area (Å²) >= 11 is 0. The topological polar surface area (TPSA) is 111 Å². The van der Waals surface area contributed by atoms with Crippen molar-refractivity contribution in [3.05, 3.63) is 12.7 Å². The van der Waals surface area contributed by atoms with Gasteiger partial charge in [0.25, 0.3) is 5.95 Å². The number of nitrogens with zero attached hydrogens (tertiary/aromatic N) is 7. The number of nitrogens with two attached hydrogens (primary N) is 1. The summed E-state index contributed by atoms with van der Waals surface area (Å²) in [4.78, 5) is 19.2. The Morgan fingerprint density at radius 2 is 2.24 bits per heavy atom. The van der Waals surface area contributed by atoms with E-state index in [1.165, 1.54) is 23.9 Å². The summed E-state index contributed by atoms with van der Waals surface area (Å²) in [5.74, 6) is 7.56. The number of nitrogen functional groups attached to an aromatic ring is 1. The van der Waals surface area contributed by atoms with Crippen molar-refractivity contribution in [2.24, 2.45) is 11.8 Å². The van der Waals surface area contributed by atoms with E-state index in [4.69, 9.17) is 5.84 Å². The third-order valence-corrected chi connectivity index (χ3v) is 3.32. The predicted molar refractivity (Wildman–Crippen MR) is 77.8 cm³/mol. The number of aromatic nitrogens is 6. The van der Waals surface area contributed by atoms with Gasteiger partial charge in [0, 0.05) is 13.1 Å². The van der Waals surface area contributed by atoms with Gasteiger partial charge in [-0.3, -0.25) is 5.43 Å². The number of anilines is 2. The third-order valence-electron chi connectivity index (χ3n) is 3.32. The van der Waals surface area contributed by atoms with Crippen LogP contribution in [0.25, 0.3) is 5.95 Å². The zero-order valence-corrected chi connectivity index (χ0v) is 12.0. The molecule has 9 nitrogen and oxygen atoms in total. The molecule has 0 saturated heterocycles. The van der Waals surface area contributed by atoms with Crippen LogP contribution < -0.4 is 16.2 Å². The largest absolute Gasteiger partial charge is 0.340 e. The van der Waals surface area contributed by atoms with Crippen molar-refractivity contribution in [3.63, 3.8) is 0 Å². The molecule has 1 saturated carbocycles. The van der Waals surface area contributed by atoms with Crippen molar-refractivity contribution >= 4 is 11.9 Å². The van der Waals surface area contributed by atoms with Crippen LogP contribution in [0.1, 0.15) is 26.2 Å². The van der Waals surface area contributed by atoms with Crippen LogP contribution in [-0.4, -0.2) is 42.8 Å². The molecule has 0 unspecified atom stereocenters. The first-order chi connectivity index (χ1) is 10.3. The van der Waals surface area contributed by atoms with Crippen LogP contribution in [-0.2, 0) is 0 Å². The minimum absolute atomic E-state index is 0.322. The molecule has 0 atom stereocenters. The van der Waals surface area contributed by atoms with E-state index in [1.54, 1.807) is 6.33 Å². The molecule has 0 aliphatic heterocycles. The van der Waals surface area contributed by atoms with E-state index >= 15 is 0 Å². The van der Waals surface area contributed by atoms with Gasteiger partial charge in [-0.25, -0.2) is 10.8 Å². The van der Waals surface area contributed by atoms with Gasteiger partial charge in [0.2, 0.25) is 11.9 Å². The second kappa shape index (κ2) is 6.00. The number of hydrogen-bond donors (Lipinski definition) is 2. The molecule has 2 aromatic rings. The second-order valence-corrected chi connectivity index (χ2v) is 5.13. The molecule has 0 aromatic carbocycles. The molecular weight excluding hydrogens is 270 g/mol. The predicted octanol–water partition coefficient (Wildman–Crippen LogP) is 0.364. The first-order valence-electron chi connectivity index (χ1n) is 7.12. The molecule has 0 bridgehead atoms. The summed E-state index contributed by atoms with van der Waals surface area (Å²) in [6.07, 6.45) is 6.58. The summed E-state index contributed by atoms with van der Waals surface area (Å²) in [5.41, 5.74) is 2.49. The molecule has 21 heavy (non-hydrogen) atoms. The van der Waals surface area contributed by atoms with Crippen LogP contribution in [0.4, 0.5) is 11.9 Å². The average Bonchev–Trinajstić information content (AvgIpc) is 3.16. The molecule has 1 aliphatic rings. The van der Waals surface area contributed by atoms with Crippen LogP contribution in [0, 0.1) is 5.92 Å². The molecule has 2 heterocycles. The molecule has 0 radical (unpaired) electrons. The molecular formula is C12H19N9. The Morgan fingerprint density at radius 1 is 1.38 bits per heavy atom. The molecule has 0 amide bonds. The SMILES string of the molecule is CCCN(CC1CC1)c1nc(NN)nc(-n2cncn2)n1. The van der Waals surface area contributed by atoms with Crippen LogP contribution in [0.15, 0.2) is 12.7 Å². The number of rotatable bonds is 7. The van der Waals surface area contributed by atoms with E-state index in [1.807, 2.05) is 0 Å². The van der Waals surface area contributed by atoms with Crippen LogP contribution in [0.5, 0.6) is 0 Å². The smallest absolute Gasteiger partial charge is 0.258 e. The van der Waals surface area contributed by atoms with Crippen LogP contribution >= 0.6 is 0 Å². The first-order valence-corrected chi connectivity index (χ1v) is 7.12. The Morgan fingerprint density at radius 3 is 2.86 bits per heavy atom. The monoisotopic (exact) mass is 289 g/mol. The van der Waals surface area contributed by atoms with E-state index < -0.39 is 0 Å². The summed E-state index contributed by atoms with van der Waals surface area (Å²) in [7, 11) is 0. The highest BCUT2D eigenvalue weighted by molar-refractivity contribution is 5.39. The van der Waals surface area contributed by atoms with Crippen LogP contribution in [0.2, 0.25) is 0 Å². The number of hydrazine groups is 1. The Hall–Kier alpha value is -2.29. The summed E-state index contributed by atoms with van der Waals surface area (Å²) < 4.78 is 1.49. The second-order valence-electron chi connectivity index (χ2n) is 5.13. The van der Waals surface area contributed by atoms with Crippen molar-refractivity contribution in [1.82, 2.24) is 29.7 Å². The molecule has 112 valence electrons. The normalized spacial score (nSPS) is 14.2. The minimum Gasteiger partial charge on any atom is -0.340 e. The lowest BCUT2D eigenvalue weighted by Crippen LogP contribution is -2.29. The highest BCUT2D eigenvalue weighted by Gasteiger charge is 2.26. The lowest BCUT2D eigenvalue weighted by molar-refractivity contribution is 0.678. The van der Waals surface area contributed by atoms with Crippen LogP contribution in [0.3, 0.4) is 0 Å². The highest BCUT2D eigenvalue weighted by Crippen LogP contribution is 2.30. The Kier molecular flexibility index (Phi) is 3.91. The maximum Gasteiger partial charge on any atom is 0.258 e. The lowest BCUT2D eigenvalue weighted by Gasteiger charge is -2.22. The van der Waals surface area contributed by atoms with E-state index in [0.717, 1.165) is 25.4 Å². The van der Waals surface area contributed by atoms with Gasteiger partial charge in [0.15, 0.2) is 0 Å². The maximum absolute atomic E-state index is 5.46. The van der Waals surface area contributed by atoms with Gasteiger partial charge in [-0.2, -0.15) is 24.7 Å². The van der Waals surface area contributed by atoms with Gasteiger partial charge in [-0.15, -0.1) is 0 Å². The fourth-order valence-corrected chi connectivity index (χ4v) is 2.13. The standard InChI is InChI=1S/C12H19N9/c1-2-5-20(6-9-3-4-9)11-16-10(19-13)17-12(18-11)21-8-14-7-15-21/h7-9H,2-6,13H2,1H3,(H,16,17,18,19). The molecule has 9 heteroatoms. The minimum atomic E-state index is 0.322. The molecule has 3 rings (SSSR count). The quantitative estimate of drug-likeness (QED) is 0.555. The van der Waals surface area contributed by atoms with Gasteiger partial charge < -0.3 is 4.90 Å². The van der Waals surface area contributed by atoms with E-state index in [0.29, 0.717) is 17.8 Å². The van der Waals surface area contributed by atoms with E-state index in [-0.39, 0.29) is 0 Å². The van der Waals surface area contributed by atoms with Crippen molar-refractivity contribution in [2.45, 2.75) is 26.2 Å². The molecule has 2 aromatic heterocycles. The average molecular weight is 289 g/mol. The Labute approximate surface area is 122 Å². The maximum atomic E-state index is 5.46. The Bertz CT molecular complexity index is 578. The summed E-state index contributed by atoms with van der Waals surface area (Å²) in [6, 6.07) is 0. The van der Waals surface area contributed by atoms with Crippen molar-refractivity contribution in [2.75, 3.05) is 23.4 Å². The molecule has 0 spiro atoms.